The summed E-state index contributed by atoms with van der Waals surface area (Å²) in [5, 5.41) is 43.7. The molecule has 0 radical (unpaired) electrons. The van der Waals surface area contributed by atoms with E-state index in [2.05, 4.69) is 10.4 Å². The molecule has 5 N–H and O–H groups in total. The van der Waals surface area contributed by atoms with Crippen LogP contribution in [-0.4, -0.2) is 62.0 Å². The number of para-hydroxylation sites is 1. The topological polar surface area (TPSA) is 154 Å². The third kappa shape index (κ3) is 3.72. The lowest BCUT2D eigenvalue weighted by Crippen LogP contribution is -2.53. The number of nitrogens with zero attached hydrogens (tertiary/aromatic N) is 2. The third-order valence-corrected chi connectivity index (χ3v) is 3.93. The molecule has 1 amide bonds. The van der Waals surface area contributed by atoms with Crippen molar-refractivity contribution < 1.29 is 34.4 Å². The molecule has 1 aliphatic rings. The number of carboxylic acid groups (broad SMARTS) is 1. The van der Waals surface area contributed by atoms with Crippen molar-refractivity contribution in [3.8, 4) is 5.75 Å². The second kappa shape index (κ2) is 7.20. The molecule has 3 rings (SSSR count). The van der Waals surface area contributed by atoms with Crippen LogP contribution in [0.4, 0.5) is 0 Å². The van der Waals surface area contributed by atoms with Gasteiger partial charge >= 0.3 is 20.2 Å². The standard InChI is InChI=1S/C14H15B2N3O7/c20-12(7-19-5-4-10(18-19)15(23)24)17-11-6-8-2-1-3-9(14(21)22)13(8)26-16(11)25/h1-5,11,23-25H,6-7H2,(H,17,20)(H,21,22)/t11-/m0/s1. The van der Waals surface area contributed by atoms with E-state index >= 15 is 0 Å². The number of hydrogen-bond acceptors (Lipinski definition) is 7. The molecular formula is C14H15B2N3O7. The van der Waals surface area contributed by atoms with Crippen molar-refractivity contribution >= 4 is 31.7 Å². The van der Waals surface area contributed by atoms with Gasteiger partial charge in [-0.15, -0.1) is 0 Å². The predicted octanol–water partition coefficient (Wildman–Crippen LogP) is -2.60. The Morgan fingerprint density at radius 2 is 2.15 bits per heavy atom. The van der Waals surface area contributed by atoms with E-state index in [-0.39, 0.29) is 29.9 Å². The van der Waals surface area contributed by atoms with Crippen molar-refractivity contribution in [3.05, 3.63) is 41.6 Å². The highest BCUT2D eigenvalue weighted by Gasteiger charge is 2.37. The van der Waals surface area contributed by atoms with E-state index in [1.165, 1.54) is 23.0 Å². The molecule has 0 unspecified atom stereocenters. The van der Waals surface area contributed by atoms with Crippen molar-refractivity contribution in [2.45, 2.75) is 18.9 Å². The highest BCUT2D eigenvalue weighted by atomic mass is 16.5. The number of amides is 1. The van der Waals surface area contributed by atoms with Crippen molar-refractivity contribution in [2.75, 3.05) is 0 Å². The van der Waals surface area contributed by atoms with Crippen LogP contribution < -0.4 is 15.6 Å². The Hall–Kier alpha value is -2.82. The van der Waals surface area contributed by atoms with E-state index < -0.39 is 32.1 Å². The van der Waals surface area contributed by atoms with E-state index in [1.807, 2.05) is 0 Å². The largest absolute Gasteiger partial charge is 0.547 e. The molecule has 134 valence electrons. The zero-order valence-electron chi connectivity index (χ0n) is 13.4. The fourth-order valence-electron chi connectivity index (χ4n) is 2.72. The summed E-state index contributed by atoms with van der Waals surface area (Å²) < 4.78 is 6.51. The van der Waals surface area contributed by atoms with Crippen LogP contribution in [0.3, 0.4) is 0 Å². The van der Waals surface area contributed by atoms with Gasteiger partial charge < -0.3 is 30.1 Å². The van der Waals surface area contributed by atoms with Gasteiger partial charge in [0.05, 0.1) is 17.1 Å². The average molecular weight is 359 g/mol. The first-order valence-electron chi connectivity index (χ1n) is 7.74. The first-order valence-corrected chi connectivity index (χ1v) is 7.74. The van der Waals surface area contributed by atoms with Crippen molar-refractivity contribution in [3.63, 3.8) is 0 Å². The Kier molecular flexibility index (Phi) is 4.98. The number of nitrogens with one attached hydrogen (secondary N) is 1. The number of hydrogen-bond donors (Lipinski definition) is 5. The molecule has 12 heteroatoms. The third-order valence-electron chi connectivity index (χ3n) is 3.93. The van der Waals surface area contributed by atoms with Gasteiger partial charge in [-0.1, -0.05) is 12.1 Å². The average Bonchev–Trinajstić information content (AvgIpc) is 3.03. The predicted molar refractivity (Wildman–Crippen MR) is 89.7 cm³/mol. The Morgan fingerprint density at radius 3 is 2.81 bits per heavy atom. The first kappa shape index (κ1) is 18.0. The molecule has 1 aliphatic heterocycles. The zero-order chi connectivity index (χ0) is 18.8. The van der Waals surface area contributed by atoms with Gasteiger partial charge in [-0.05, 0) is 24.1 Å². The number of carboxylic acids is 1. The van der Waals surface area contributed by atoms with E-state index in [0.29, 0.717) is 5.56 Å². The summed E-state index contributed by atoms with van der Waals surface area (Å²) >= 11 is 0. The minimum Gasteiger partial charge on any atom is -0.534 e. The van der Waals surface area contributed by atoms with Crippen LogP contribution in [-0.2, 0) is 17.8 Å². The molecule has 1 aromatic carbocycles. The second-order valence-corrected chi connectivity index (χ2v) is 5.80. The summed E-state index contributed by atoms with van der Waals surface area (Å²) in [7, 11) is -3.13. The van der Waals surface area contributed by atoms with E-state index in [1.54, 1.807) is 12.1 Å². The Balaban J connectivity index is 1.67. The van der Waals surface area contributed by atoms with Crippen LogP contribution in [0.1, 0.15) is 15.9 Å². The Labute approximate surface area is 148 Å². The summed E-state index contributed by atoms with van der Waals surface area (Å²) in [5.41, 5.74) is 0.511. The molecule has 0 saturated carbocycles. The van der Waals surface area contributed by atoms with Gasteiger partial charge in [0.25, 0.3) is 0 Å². The maximum atomic E-state index is 12.1. The fraction of sp³-hybridized carbons (Fsp3) is 0.214. The van der Waals surface area contributed by atoms with Gasteiger partial charge in [0, 0.05) is 6.20 Å². The molecule has 2 aromatic rings. The Bertz CT molecular complexity index is 842. The molecule has 0 spiro atoms. The maximum Gasteiger partial charge on any atom is 0.547 e. The van der Waals surface area contributed by atoms with Crippen LogP contribution in [0.15, 0.2) is 30.5 Å². The van der Waals surface area contributed by atoms with Crippen LogP contribution in [0.5, 0.6) is 5.75 Å². The SMILES string of the molecule is O=C(Cn1ccc(B(O)O)n1)N[C@H]1Cc2cccc(C(=O)O)c2OB1O. The van der Waals surface area contributed by atoms with Gasteiger partial charge in [-0.3, -0.25) is 9.48 Å². The number of aromatic carboxylic acids is 1. The highest BCUT2D eigenvalue weighted by Crippen LogP contribution is 2.30. The molecule has 26 heavy (non-hydrogen) atoms. The van der Waals surface area contributed by atoms with E-state index in [0.717, 1.165) is 0 Å². The first-order chi connectivity index (χ1) is 12.3. The smallest absolute Gasteiger partial charge is 0.534 e. The molecule has 2 heterocycles. The lowest BCUT2D eigenvalue weighted by molar-refractivity contribution is -0.122. The van der Waals surface area contributed by atoms with E-state index in [9.17, 15) is 14.6 Å². The fourth-order valence-corrected chi connectivity index (χ4v) is 2.72. The second-order valence-electron chi connectivity index (χ2n) is 5.80. The number of rotatable bonds is 5. The molecule has 1 atom stereocenters. The van der Waals surface area contributed by atoms with Gasteiger partial charge in [-0.2, -0.15) is 5.10 Å². The Morgan fingerprint density at radius 1 is 1.38 bits per heavy atom. The lowest BCUT2D eigenvalue weighted by atomic mass is 9.72. The van der Waals surface area contributed by atoms with Crippen LogP contribution in [0.2, 0.25) is 0 Å². The van der Waals surface area contributed by atoms with Crippen molar-refractivity contribution in [2.24, 2.45) is 0 Å². The summed E-state index contributed by atoms with van der Waals surface area (Å²) in [5.74, 6) is -2.32. The number of fused-ring (bicyclic) bond motifs is 1. The minimum atomic E-state index is -1.73. The summed E-state index contributed by atoms with van der Waals surface area (Å²) in [6.45, 7) is -0.196. The quantitative estimate of drug-likeness (QED) is 0.364. The van der Waals surface area contributed by atoms with Crippen molar-refractivity contribution in [1.82, 2.24) is 15.1 Å². The van der Waals surface area contributed by atoms with Gasteiger partial charge in [-0.25, -0.2) is 4.79 Å². The van der Waals surface area contributed by atoms with Crippen molar-refractivity contribution in [1.29, 1.82) is 0 Å². The molecule has 0 aliphatic carbocycles. The molecule has 1 aromatic heterocycles. The minimum absolute atomic E-state index is 0.00830. The number of carbonyl (C=O) groups excluding carboxylic acids is 1. The van der Waals surface area contributed by atoms with Gasteiger partial charge in [0.1, 0.15) is 12.3 Å². The summed E-state index contributed by atoms with van der Waals surface area (Å²) in [6.07, 6.45) is 1.61. The van der Waals surface area contributed by atoms with Crippen LogP contribution >= 0.6 is 0 Å². The monoisotopic (exact) mass is 359 g/mol. The van der Waals surface area contributed by atoms with Crippen LogP contribution in [0.25, 0.3) is 0 Å². The molecule has 0 saturated heterocycles. The molecule has 0 bridgehead atoms. The van der Waals surface area contributed by atoms with Crippen LogP contribution in [0, 0.1) is 0 Å². The maximum absolute atomic E-state index is 12.1. The zero-order valence-corrected chi connectivity index (χ0v) is 13.4. The molecule has 10 nitrogen and oxygen atoms in total. The normalized spacial score (nSPS) is 15.8. The summed E-state index contributed by atoms with van der Waals surface area (Å²) in [4.78, 5) is 23.4. The number of aromatic nitrogens is 2. The number of benzene rings is 1. The van der Waals surface area contributed by atoms with Gasteiger partial charge in [0.2, 0.25) is 5.91 Å². The lowest BCUT2D eigenvalue weighted by Gasteiger charge is -2.28. The van der Waals surface area contributed by atoms with Gasteiger partial charge in [0.15, 0.2) is 0 Å². The number of carbonyl (C=O) groups is 2. The highest BCUT2D eigenvalue weighted by molar-refractivity contribution is 6.57. The molecular weight excluding hydrogens is 344 g/mol. The summed E-state index contributed by atoms with van der Waals surface area (Å²) in [6, 6.07) is 5.96. The van der Waals surface area contributed by atoms with E-state index in [4.69, 9.17) is 19.8 Å². The molecule has 0 fully saturated rings.